The van der Waals surface area contributed by atoms with E-state index < -0.39 is 17.8 Å². The highest BCUT2D eigenvalue weighted by Gasteiger charge is 2.51. The van der Waals surface area contributed by atoms with Gasteiger partial charge in [-0.05, 0) is 43.6 Å². The molecule has 1 amide bonds. The van der Waals surface area contributed by atoms with Gasteiger partial charge in [0.25, 0.3) is 0 Å². The van der Waals surface area contributed by atoms with E-state index in [4.69, 9.17) is 0 Å². The van der Waals surface area contributed by atoms with Crippen molar-refractivity contribution in [2.24, 2.45) is 23.7 Å². The second kappa shape index (κ2) is 6.26. The molecule has 1 N–H and O–H groups in total. The van der Waals surface area contributed by atoms with E-state index in [2.05, 4.69) is 10.3 Å². The van der Waals surface area contributed by atoms with E-state index in [9.17, 15) is 14.7 Å². The van der Waals surface area contributed by atoms with Crippen LogP contribution in [0.3, 0.4) is 0 Å². The molecule has 1 aromatic carbocycles. The summed E-state index contributed by atoms with van der Waals surface area (Å²) in [5, 5.41) is 14.9. The summed E-state index contributed by atoms with van der Waals surface area (Å²) in [7, 11) is 0. The van der Waals surface area contributed by atoms with Crippen molar-refractivity contribution in [1.82, 2.24) is 4.98 Å². The van der Waals surface area contributed by atoms with Crippen molar-refractivity contribution in [2.75, 3.05) is 5.32 Å². The molecule has 2 saturated carbocycles. The number of carbonyl (C=O) groups is 2. The van der Waals surface area contributed by atoms with Crippen LogP contribution < -0.4 is 10.4 Å². The molecule has 0 saturated heterocycles. The zero-order valence-corrected chi connectivity index (χ0v) is 14.7. The lowest BCUT2D eigenvalue weighted by Crippen LogP contribution is -2.43. The molecule has 2 bridgehead atoms. The van der Waals surface area contributed by atoms with E-state index in [0.29, 0.717) is 5.13 Å². The average Bonchev–Trinajstić information content (AvgIpc) is 3.29. The molecule has 0 aliphatic heterocycles. The first kappa shape index (κ1) is 16.3. The Morgan fingerprint density at radius 3 is 2.52 bits per heavy atom. The number of amides is 1. The maximum atomic E-state index is 12.7. The number of anilines is 1. The van der Waals surface area contributed by atoms with Gasteiger partial charge in [0.2, 0.25) is 5.91 Å². The third kappa shape index (κ3) is 2.84. The third-order valence-electron chi connectivity index (χ3n) is 5.55. The largest absolute Gasteiger partial charge is 0.550 e. The predicted molar refractivity (Wildman–Crippen MR) is 93.7 cm³/mol. The van der Waals surface area contributed by atoms with Gasteiger partial charge in [0.15, 0.2) is 5.13 Å². The zero-order chi connectivity index (χ0) is 17.6. The smallest absolute Gasteiger partial charge is 0.230 e. The summed E-state index contributed by atoms with van der Waals surface area (Å²) in [5.74, 6) is -2.23. The molecular weight excluding hydrogens is 336 g/mol. The molecule has 2 aromatic rings. The first-order valence-electron chi connectivity index (χ1n) is 8.59. The molecule has 0 radical (unpaired) electrons. The lowest BCUT2D eigenvalue weighted by Gasteiger charge is -2.30. The number of carbonyl (C=O) groups excluding carboxylic acids is 2. The van der Waals surface area contributed by atoms with Crippen LogP contribution in [0.5, 0.6) is 0 Å². The van der Waals surface area contributed by atoms with Gasteiger partial charge in [0.05, 0.1) is 10.6 Å². The number of aliphatic carboxylic acids is 1. The topological polar surface area (TPSA) is 82.1 Å². The number of aromatic nitrogens is 1. The number of benzene rings is 1. The molecule has 2 fully saturated rings. The molecule has 0 spiro atoms. The van der Waals surface area contributed by atoms with Crippen molar-refractivity contribution in [2.45, 2.75) is 26.2 Å². The van der Waals surface area contributed by atoms with Crippen LogP contribution in [0.15, 0.2) is 30.3 Å². The molecular formula is C19H19N2O3S-. The monoisotopic (exact) mass is 355 g/mol. The third-order valence-corrected chi connectivity index (χ3v) is 6.68. The second-order valence-corrected chi connectivity index (χ2v) is 7.99. The van der Waals surface area contributed by atoms with Crippen LogP contribution in [-0.4, -0.2) is 16.9 Å². The van der Waals surface area contributed by atoms with E-state index in [1.807, 2.05) is 37.3 Å². The Morgan fingerprint density at radius 2 is 1.84 bits per heavy atom. The molecule has 25 heavy (non-hydrogen) atoms. The summed E-state index contributed by atoms with van der Waals surface area (Å²) < 4.78 is 0. The fourth-order valence-corrected chi connectivity index (χ4v) is 5.48. The summed E-state index contributed by atoms with van der Waals surface area (Å²) in [6.07, 6.45) is 2.64. The number of carboxylic acids is 1. The Hall–Kier alpha value is -2.21. The van der Waals surface area contributed by atoms with Crippen LogP contribution >= 0.6 is 11.3 Å². The fraction of sp³-hybridized carbons (Fsp3) is 0.421. The number of hydrogen-bond acceptors (Lipinski definition) is 5. The minimum Gasteiger partial charge on any atom is -0.550 e. The van der Waals surface area contributed by atoms with Gasteiger partial charge in [0.1, 0.15) is 0 Å². The van der Waals surface area contributed by atoms with Crippen molar-refractivity contribution >= 4 is 28.3 Å². The average molecular weight is 355 g/mol. The van der Waals surface area contributed by atoms with Gasteiger partial charge in [-0.2, -0.15) is 0 Å². The minimum atomic E-state index is -1.09. The van der Waals surface area contributed by atoms with Crippen LogP contribution in [-0.2, 0) is 9.59 Å². The van der Waals surface area contributed by atoms with Gasteiger partial charge < -0.3 is 15.2 Å². The van der Waals surface area contributed by atoms with Crippen molar-refractivity contribution in [3.05, 3.63) is 36.0 Å². The van der Waals surface area contributed by atoms with Gasteiger partial charge in [-0.1, -0.05) is 41.7 Å². The highest BCUT2D eigenvalue weighted by Crippen LogP contribution is 2.52. The summed E-state index contributed by atoms with van der Waals surface area (Å²) in [4.78, 5) is 29.7. The van der Waals surface area contributed by atoms with Crippen LogP contribution in [0.4, 0.5) is 5.13 Å². The Labute approximate surface area is 150 Å². The molecule has 4 atom stereocenters. The highest BCUT2D eigenvalue weighted by atomic mass is 32.1. The maximum Gasteiger partial charge on any atom is 0.230 e. The molecule has 6 heteroatoms. The van der Waals surface area contributed by atoms with E-state index in [1.54, 1.807) is 0 Å². The summed E-state index contributed by atoms with van der Waals surface area (Å²) in [6, 6.07) is 9.90. The molecule has 1 heterocycles. The van der Waals surface area contributed by atoms with Gasteiger partial charge in [-0.25, -0.2) is 4.98 Å². The van der Waals surface area contributed by atoms with Gasteiger partial charge in [0, 0.05) is 17.8 Å². The first-order chi connectivity index (χ1) is 12.0. The van der Waals surface area contributed by atoms with Crippen molar-refractivity contribution in [3.8, 4) is 10.4 Å². The molecule has 0 unspecified atom stereocenters. The number of carboxylic acid groups (broad SMARTS) is 1. The summed E-state index contributed by atoms with van der Waals surface area (Å²) in [5.41, 5.74) is 1.92. The number of fused-ring (bicyclic) bond motifs is 2. The SMILES string of the molecule is Cc1nc(NC(=O)[C@H]2[C@H]3CC[C@@H](C3)[C@@H]2C(=O)[O-])sc1-c1ccccc1. The molecule has 5 nitrogen and oxygen atoms in total. The van der Waals surface area contributed by atoms with Crippen LogP contribution in [0, 0.1) is 30.6 Å². The maximum absolute atomic E-state index is 12.7. The standard InChI is InChI=1S/C19H20N2O3S/c1-10-16(11-5-3-2-4-6-11)25-19(20-10)21-17(22)14-12-7-8-13(9-12)15(14)18(23)24/h2-6,12-15H,7-9H2,1H3,(H,23,24)(H,20,21,22)/p-1/t12-,13-,14-,15-/m0/s1. The number of thiazole rings is 1. The number of hydrogen-bond donors (Lipinski definition) is 1. The first-order valence-corrected chi connectivity index (χ1v) is 9.41. The van der Waals surface area contributed by atoms with E-state index >= 15 is 0 Å². The fourth-order valence-electron chi connectivity index (χ4n) is 4.50. The Kier molecular flexibility index (Phi) is 4.07. The van der Waals surface area contributed by atoms with E-state index in [1.165, 1.54) is 11.3 Å². The van der Waals surface area contributed by atoms with Gasteiger partial charge in [-0.15, -0.1) is 0 Å². The second-order valence-electron chi connectivity index (χ2n) is 6.99. The Balaban J connectivity index is 1.55. The van der Waals surface area contributed by atoms with Crippen LogP contribution in [0.25, 0.3) is 10.4 Å². The molecule has 2 aliphatic carbocycles. The zero-order valence-electron chi connectivity index (χ0n) is 13.9. The van der Waals surface area contributed by atoms with Crippen LogP contribution in [0.1, 0.15) is 25.0 Å². The van der Waals surface area contributed by atoms with Gasteiger partial charge in [-0.3, -0.25) is 4.79 Å². The molecule has 4 rings (SSSR count). The van der Waals surface area contributed by atoms with E-state index in [-0.39, 0.29) is 17.7 Å². The molecule has 130 valence electrons. The van der Waals surface area contributed by atoms with Gasteiger partial charge >= 0.3 is 0 Å². The normalized spacial score (nSPS) is 27.4. The number of nitrogens with zero attached hydrogens (tertiary/aromatic N) is 1. The molecule has 1 aromatic heterocycles. The summed E-state index contributed by atoms with van der Waals surface area (Å²) in [6.45, 7) is 1.91. The lowest BCUT2D eigenvalue weighted by molar-refractivity contribution is -0.314. The number of aryl methyl sites for hydroxylation is 1. The highest BCUT2D eigenvalue weighted by molar-refractivity contribution is 7.19. The Bertz CT molecular complexity index is 817. The lowest BCUT2D eigenvalue weighted by atomic mass is 9.79. The number of nitrogens with one attached hydrogen (secondary N) is 1. The van der Waals surface area contributed by atoms with Crippen molar-refractivity contribution in [1.29, 1.82) is 0 Å². The van der Waals surface area contributed by atoms with Crippen LogP contribution in [0.2, 0.25) is 0 Å². The predicted octanol–water partition coefficient (Wildman–Crippen LogP) is 2.47. The minimum absolute atomic E-state index is 0.0867. The van der Waals surface area contributed by atoms with Crippen molar-refractivity contribution in [3.63, 3.8) is 0 Å². The van der Waals surface area contributed by atoms with E-state index in [0.717, 1.165) is 35.4 Å². The quantitative estimate of drug-likeness (QED) is 0.913. The summed E-state index contributed by atoms with van der Waals surface area (Å²) >= 11 is 1.42. The van der Waals surface area contributed by atoms with Crippen molar-refractivity contribution < 1.29 is 14.7 Å². The number of rotatable bonds is 4. The molecule has 2 aliphatic rings. The Morgan fingerprint density at radius 1 is 1.16 bits per heavy atom.